The molecule has 33 heavy (non-hydrogen) atoms. The average molecular weight is 446 g/mol. The number of phenolic OH excluding ortho intramolecular Hbond substituents is 1. The van der Waals surface area contributed by atoms with Gasteiger partial charge in [0, 0.05) is 28.7 Å². The van der Waals surface area contributed by atoms with Gasteiger partial charge in [0.15, 0.2) is 6.10 Å². The third-order valence-electron chi connectivity index (χ3n) is 6.75. The number of hydrogen-bond donors (Lipinski definition) is 1. The lowest BCUT2D eigenvalue weighted by Gasteiger charge is -2.31. The first kappa shape index (κ1) is 21.3. The van der Waals surface area contributed by atoms with E-state index in [2.05, 4.69) is 12.1 Å². The van der Waals surface area contributed by atoms with E-state index < -0.39 is 18.0 Å². The van der Waals surface area contributed by atoms with Gasteiger partial charge in [-0.05, 0) is 24.8 Å². The quantitative estimate of drug-likeness (QED) is 0.574. The fraction of sp³-hybridized carbons (Fsp3) is 0.333. The van der Waals surface area contributed by atoms with E-state index >= 15 is 0 Å². The highest BCUT2D eigenvalue weighted by Gasteiger charge is 2.38. The Morgan fingerprint density at radius 3 is 2.42 bits per heavy atom. The van der Waals surface area contributed by atoms with Gasteiger partial charge < -0.3 is 19.3 Å². The number of esters is 2. The SMILES string of the molecule is COC(=O)C1Cc2c(C(=O)O[C@@H]3CCCC[C@H]3c3ccccc3)c(O)c3ccccc3c2O1. The second-order valence-corrected chi connectivity index (χ2v) is 8.66. The summed E-state index contributed by atoms with van der Waals surface area (Å²) >= 11 is 0. The first-order valence-corrected chi connectivity index (χ1v) is 11.4. The Labute approximate surface area is 192 Å². The van der Waals surface area contributed by atoms with E-state index in [4.69, 9.17) is 14.2 Å². The van der Waals surface area contributed by atoms with Gasteiger partial charge in [-0.15, -0.1) is 0 Å². The fourth-order valence-electron chi connectivity index (χ4n) is 5.14. The highest BCUT2D eigenvalue weighted by atomic mass is 16.6. The molecule has 3 aromatic carbocycles. The van der Waals surface area contributed by atoms with Crippen molar-refractivity contribution in [3.63, 3.8) is 0 Å². The molecule has 1 fully saturated rings. The summed E-state index contributed by atoms with van der Waals surface area (Å²) in [6.07, 6.45) is 2.76. The summed E-state index contributed by atoms with van der Waals surface area (Å²) in [5.41, 5.74) is 1.71. The van der Waals surface area contributed by atoms with Crippen LogP contribution in [0.15, 0.2) is 54.6 Å². The summed E-state index contributed by atoms with van der Waals surface area (Å²) in [5.74, 6) is -0.717. The zero-order chi connectivity index (χ0) is 22.9. The zero-order valence-electron chi connectivity index (χ0n) is 18.5. The second kappa shape index (κ2) is 8.77. The van der Waals surface area contributed by atoms with Gasteiger partial charge in [-0.3, -0.25) is 0 Å². The molecule has 5 rings (SSSR count). The molecule has 2 aliphatic rings. The van der Waals surface area contributed by atoms with Gasteiger partial charge in [0.1, 0.15) is 23.2 Å². The van der Waals surface area contributed by atoms with Crippen molar-refractivity contribution in [1.82, 2.24) is 0 Å². The van der Waals surface area contributed by atoms with Crippen molar-refractivity contribution in [2.75, 3.05) is 7.11 Å². The van der Waals surface area contributed by atoms with Crippen molar-refractivity contribution < 1.29 is 28.9 Å². The molecule has 0 radical (unpaired) electrons. The third kappa shape index (κ3) is 3.80. The highest BCUT2D eigenvalue weighted by Crippen LogP contribution is 2.45. The number of rotatable bonds is 4. The molecule has 1 unspecified atom stereocenters. The largest absolute Gasteiger partial charge is 0.506 e. The molecule has 3 aromatic rings. The Balaban J connectivity index is 1.53. The van der Waals surface area contributed by atoms with E-state index in [0.29, 0.717) is 22.1 Å². The molecule has 1 saturated carbocycles. The Bertz CT molecular complexity index is 1200. The van der Waals surface area contributed by atoms with E-state index in [1.807, 2.05) is 24.3 Å². The van der Waals surface area contributed by atoms with Crippen LogP contribution in [-0.4, -0.2) is 36.4 Å². The maximum Gasteiger partial charge on any atom is 0.347 e. The summed E-state index contributed by atoms with van der Waals surface area (Å²) in [6.45, 7) is 0. The Hall–Kier alpha value is -3.54. The van der Waals surface area contributed by atoms with E-state index in [1.165, 1.54) is 7.11 Å². The standard InChI is InChI=1S/C27H26O6/c1-31-26(29)22-15-20-23(24(28)18-12-5-6-13-19(18)25(20)32-22)27(30)33-21-14-8-7-11-17(21)16-9-3-2-4-10-16/h2-6,9-10,12-13,17,21-22,28H,7-8,11,14-15H2,1H3/t17-,21+,22?/m0/s1. The van der Waals surface area contributed by atoms with Gasteiger partial charge >= 0.3 is 11.9 Å². The van der Waals surface area contributed by atoms with Crippen molar-refractivity contribution in [3.8, 4) is 11.5 Å². The number of carbonyl (C=O) groups is 2. The van der Waals surface area contributed by atoms with Crippen LogP contribution in [0.3, 0.4) is 0 Å². The van der Waals surface area contributed by atoms with E-state index in [9.17, 15) is 14.7 Å². The minimum atomic E-state index is -0.867. The molecule has 1 N–H and O–H groups in total. The number of benzene rings is 3. The summed E-state index contributed by atoms with van der Waals surface area (Å²) in [5, 5.41) is 12.2. The molecule has 1 aliphatic carbocycles. The number of phenols is 1. The van der Waals surface area contributed by atoms with E-state index in [0.717, 1.165) is 31.2 Å². The smallest absolute Gasteiger partial charge is 0.347 e. The number of ether oxygens (including phenoxy) is 3. The minimum absolute atomic E-state index is 0.0764. The van der Waals surface area contributed by atoms with E-state index in [1.54, 1.807) is 18.2 Å². The van der Waals surface area contributed by atoms with Gasteiger partial charge in [0.2, 0.25) is 0 Å². The molecule has 6 heteroatoms. The molecule has 1 heterocycles. The fourth-order valence-corrected chi connectivity index (χ4v) is 5.14. The van der Waals surface area contributed by atoms with Crippen LogP contribution in [0.1, 0.15) is 53.1 Å². The number of fused-ring (bicyclic) bond motifs is 3. The molecule has 0 saturated heterocycles. The first-order valence-electron chi connectivity index (χ1n) is 11.4. The summed E-state index contributed by atoms with van der Waals surface area (Å²) in [7, 11) is 1.30. The molecule has 0 aromatic heterocycles. The highest BCUT2D eigenvalue weighted by molar-refractivity contribution is 6.06. The number of aromatic hydroxyl groups is 1. The number of carbonyl (C=O) groups excluding carboxylic acids is 2. The Morgan fingerprint density at radius 2 is 1.67 bits per heavy atom. The van der Waals surface area contributed by atoms with Crippen LogP contribution in [0.5, 0.6) is 11.5 Å². The van der Waals surface area contributed by atoms with Crippen LogP contribution in [0.25, 0.3) is 10.8 Å². The van der Waals surface area contributed by atoms with Crippen molar-refractivity contribution in [2.24, 2.45) is 0 Å². The molecule has 170 valence electrons. The van der Waals surface area contributed by atoms with Crippen LogP contribution in [-0.2, 0) is 20.7 Å². The summed E-state index contributed by atoms with van der Waals surface area (Å²) in [6, 6.07) is 17.2. The van der Waals surface area contributed by atoms with Gasteiger partial charge in [-0.2, -0.15) is 0 Å². The lowest BCUT2D eigenvalue weighted by molar-refractivity contribution is -0.147. The second-order valence-electron chi connectivity index (χ2n) is 8.66. The summed E-state index contributed by atoms with van der Waals surface area (Å²) < 4.78 is 16.8. The maximum absolute atomic E-state index is 13.5. The molecule has 0 amide bonds. The Kier molecular flexibility index (Phi) is 5.67. The third-order valence-corrected chi connectivity index (χ3v) is 6.75. The van der Waals surface area contributed by atoms with Gasteiger partial charge in [-0.1, -0.05) is 61.0 Å². The van der Waals surface area contributed by atoms with Gasteiger partial charge in [0.25, 0.3) is 0 Å². The van der Waals surface area contributed by atoms with Crippen LogP contribution >= 0.6 is 0 Å². The minimum Gasteiger partial charge on any atom is -0.506 e. The topological polar surface area (TPSA) is 82.1 Å². The Morgan fingerprint density at radius 1 is 0.970 bits per heavy atom. The van der Waals surface area contributed by atoms with Crippen LogP contribution in [0.4, 0.5) is 0 Å². The first-order chi connectivity index (χ1) is 16.1. The molecule has 6 nitrogen and oxygen atoms in total. The van der Waals surface area contributed by atoms with E-state index in [-0.39, 0.29) is 29.8 Å². The van der Waals surface area contributed by atoms with Gasteiger partial charge in [0.05, 0.1) is 7.11 Å². The molecular formula is C27H26O6. The molecular weight excluding hydrogens is 420 g/mol. The van der Waals surface area contributed by atoms with Gasteiger partial charge in [-0.25, -0.2) is 9.59 Å². The maximum atomic E-state index is 13.5. The molecule has 0 bridgehead atoms. The number of methoxy groups -OCH3 is 1. The molecule has 3 atom stereocenters. The zero-order valence-corrected chi connectivity index (χ0v) is 18.5. The van der Waals surface area contributed by atoms with Crippen LogP contribution in [0.2, 0.25) is 0 Å². The predicted octanol–water partition coefficient (Wildman–Crippen LogP) is 4.91. The lowest BCUT2D eigenvalue weighted by atomic mass is 9.81. The number of hydrogen-bond acceptors (Lipinski definition) is 6. The predicted molar refractivity (Wildman–Crippen MR) is 123 cm³/mol. The monoisotopic (exact) mass is 446 g/mol. The average Bonchev–Trinajstić information content (AvgIpc) is 3.30. The molecule has 1 aliphatic heterocycles. The van der Waals surface area contributed by atoms with Crippen molar-refractivity contribution in [3.05, 3.63) is 71.3 Å². The lowest BCUT2D eigenvalue weighted by Crippen LogP contribution is -2.29. The molecule has 0 spiro atoms. The van der Waals surface area contributed by atoms with Crippen LogP contribution in [0, 0.1) is 0 Å². The van der Waals surface area contributed by atoms with Crippen molar-refractivity contribution in [1.29, 1.82) is 0 Å². The van der Waals surface area contributed by atoms with Crippen molar-refractivity contribution >= 4 is 22.7 Å². The normalized spacial score (nSPS) is 21.8. The van der Waals surface area contributed by atoms with Crippen molar-refractivity contribution in [2.45, 2.75) is 50.2 Å². The summed E-state index contributed by atoms with van der Waals surface area (Å²) in [4.78, 5) is 25.7. The van der Waals surface area contributed by atoms with Crippen LogP contribution < -0.4 is 4.74 Å².